The van der Waals surface area contributed by atoms with Gasteiger partial charge in [-0.2, -0.15) is 0 Å². The molecule has 12 nitrogen and oxygen atoms in total. The lowest BCUT2D eigenvalue weighted by Crippen LogP contribution is -2.58. The van der Waals surface area contributed by atoms with Crippen LogP contribution < -0.4 is 0 Å². The van der Waals surface area contributed by atoms with Crippen molar-refractivity contribution in [3.05, 3.63) is 0 Å². The number of aliphatic carboxylic acids is 1. The smallest absolute Gasteiger partial charge is 0.311 e. The summed E-state index contributed by atoms with van der Waals surface area (Å²) in [6.07, 6.45) is 7.70. The Morgan fingerprint density at radius 2 is 1.60 bits per heavy atom. The van der Waals surface area contributed by atoms with Crippen LogP contribution in [0.5, 0.6) is 0 Å². The number of hydrogen-bond donors (Lipinski definition) is 2. The number of carbonyl (C=O) groups excluding carboxylic acids is 1. The van der Waals surface area contributed by atoms with E-state index >= 15 is 0 Å². The zero-order valence-electron chi connectivity index (χ0n) is 39.9. The van der Waals surface area contributed by atoms with Gasteiger partial charge in [0.15, 0.2) is 11.6 Å². The molecule has 20 atom stereocenters. The van der Waals surface area contributed by atoms with Gasteiger partial charge in [-0.05, 0) is 96.3 Å². The number of carbonyl (C=O) groups is 2. The van der Waals surface area contributed by atoms with Crippen LogP contribution in [0.3, 0.4) is 0 Å². The van der Waals surface area contributed by atoms with Gasteiger partial charge in [-0.15, -0.1) is 0 Å². The third-order valence-corrected chi connectivity index (χ3v) is 18.7. The highest BCUT2D eigenvalue weighted by molar-refractivity contribution is 8.76. The van der Waals surface area contributed by atoms with Crippen molar-refractivity contribution >= 4 is 33.5 Å². The van der Waals surface area contributed by atoms with Gasteiger partial charge in [0, 0.05) is 49.2 Å². The molecule has 6 fully saturated rings. The molecular formula is C48H82O12S2. The number of esters is 1. The maximum Gasteiger partial charge on any atom is 0.311 e. The molecule has 0 aliphatic carbocycles. The Balaban J connectivity index is 1.05. The molecule has 6 aliphatic rings. The monoisotopic (exact) mass is 915 g/mol. The van der Waals surface area contributed by atoms with Crippen LogP contribution in [-0.4, -0.2) is 119 Å². The third-order valence-electron chi connectivity index (χ3n) is 16.3. The van der Waals surface area contributed by atoms with Crippen molar-refractivity contribution in [3.63, 3.8) is 0 Å². The zero-order chi connectivity index (χ0) is 45.4. The first kappa shape index (κ1) is 50.7. The lowest BCUT2D eigenvalue weighted by atomic mass is 9.78. The molecule has 14 heteroatoms. The highest BCUT2D eigenvalue weighted by Crippen LogP contribution is 2.57. The van der Waals surface area contributed by atoms with E-state index in [9.17, 15) is 19.8 Å². The molecule has 6 heterocycles. The predicted molar refractivity (Wildman–Crippen MR) is 242 cm³/mol. The first-order chi connectivity index (χ1) is 29.2. The highest BCUT2D eigenvalue weighted by Gasteiger charge is 2.65. The van der Waals surface area contributed by atoms with Crippen molar-refractivity contribution < 1.29 is 57.7 Å². The minimum absolute atomic E-state index is 0.00841. The Morgan fingerprint density at radius 3 is 2.27 bits per heavy atom. The molecule has 0 amide bonds. The van der Waals surface area contributed by atoms with Gasteiger partial charge in [-0.25, -0.2) is 0 Å². The molecule has 1 spiro atoms. The van der Waals surface area contributed by atoms with Crippen LogP contribution in [0.4, 0.5) is 0 Å². The van der Waals surface area contributed by atoms with E-state index in [2.05, 4.69) is 55.4 Å². The topological polar surface area (TPSA) is 148 Å². The van der Waals surface area contributed by atoms with Crippen LogP contribution >= 0.6 is 21.6 Å². The molecule has 0 bridgehead atoms. The SMILES string of the molecule is CC[C@@H](CSSCCOC(=O)[C@H](C)C1O[C@@H](C[C@@H]2C[C@@H](OC)[C@@H](C)[C@]3(O2)O[C@@](C)(C2CC[C@@](C)([C@@H]4O[C@@H]([C@@H]5O[C@@](O)(CC)[C@H](C)C[C@@H]5C)C[C@@H]4C)O2)C[C@H]3C)CC[C@@H]1C)C(=O)O. The van der Waals surface area contributed by atoms with E-state index in [0.717, 1.165) is 51.4 Å². The Morgan fingerprint density at radius 1 is 0.855 bits per heavy atom. The van der Waals surface area contributed by atoms with Gasteiger partial charge in [0.1, 0.15) is 6.61 Å². The highest BCUT2D eigenvalue weighted by atomic mass is 33.1. The summed E-state index contributed by atoms with van der Waals surface area (Å²) in [5, 5.41) is 20.6. The van der Waals surface area contributed by atoms with E-state index in [4.69, 9.17) is 37.9 Å². The van der Waals surface area contributed by atoms with Gasteiger partial charge in [-0.1, -0.05) is 77.0 Å². The van der Waals surface area contributed by atoms with Crippen molar-refractivity contribution in [1.29, 1.82) is 0 Å². The molecule has 0 aromatic heterocycles. The standard InChI is InChI=1S/C48H82O12S2/c1-13-34(43(49)50)26-62-61-20-19-54-44(51)32(8)40-27(3)15-16-35(55-40)23-36-24-37(53-12)33(9)48(57-36)31(7)25-46(11,60-48)39-17-18-45(10,58-39)42-29(5)22-38(56-42)41-28(4)21-30(6)47(52,14-2)59-41/h27-42,52H,13-26H2,1-12H3,(H,49,50)/t27-,28-,29-,30+,31+,32+,33+,34-,35+,36+,37+,38+,39?,40?,41+,42+,45-,46+,47-,48+/m0/s1. The van der Waals surface area contributed by atoms with Crippen LogP contribution in [0.15, 0.2) is 0 Å². The fraction of sp³-hybridized carbons (Fsp3) is 0.958. The minimum Gasteiger partial charge on any atom is -0.481 e. The van der Waals surface area contributed by atoms with E-state index in [1.807, 2.05) is 20.8 Å². The van der Waals surface area contributed by atoms with Gasteiger partial charge in [-0.3, -0.25) is 9.59 Å². The molecule has 2 unspecified atom stereocenters. The maximum absolute atomic E-state index is 13.2. The van der Waals surface area contributed by atoms with Crippen LogP contribution in [0.25, 0.3) is 0 Å². The second-order valence-corrected chi connectivity index (χ2v) is 23.6. The molecule has 6 rings (SSSR count). The van der Waals surface area contributed by atoms with E-state index in [0.29, 0.717) is 36.7 Å². The van der Waals surface area contributed by atoms with Crippen LogP contribution in [-0.2, 0) is 47.5 Å². The summed E-state index contributed by atoms with van der Waals surface area (Å²) in [5.41, 5.74) is -1.06. The maximum atomic E-state index is 13.2. The van der Waals surface area contributed by atoms with Gasteiger partial charge < -0.3 is 48.1 Å². The summed E-state index contributed by atoms with van der Waals surface area (Å²) < 4.78 is 53.8. The summed E-state index contributed by atoms with van der Waals surface area (Å²) in [6.45, 7) is 23.7. The van der Waals surface area contributed by atoms with Crippen LogP contribution in [0, 0.1) is 47.3 Å². The van der Waals surface area contributed by atoms with E-state index in [1.54, 1.807) is 7.11 Å². The molecule has 6 aliphatic heterocycles. The molecule has 6 saturated heterocycles. The number of carboxylic acids is 1. The van der Waals surface area contributed by atoms with Crippen molar-refractivity contribution in [2.75, 3.05) is 25.2 Å². The van der Waals surface area contributed by atoms with Crippen molar-refractivity contribution in [1.82, 2.24) is 0 Å². The average molecular weight is 915 g/mol. The lowest BCUT2D eigenvalue weighted by Gasteiger charge is -2.50. The summed E-state index contributed by atoms with van der Waals surface area (Å²) in [4.78, 5) is 24.5. The summed E-state index contributed by atoms with van der Waals surface area (Å²) in [5.74, 6) is -1.72. The predicted octanol–water partition coefficient (Wildman–Crippen LogP) is 9.07. The molecule has 0 radical (unpaired) electrons. The summed E-state index contributed by atoms with van der Waals surface area (Å²) in [6, 6.07) is 0. The van der Waals surface area contributed by atoms with Crippen molar-refractivity contribution in [2.24, 2.45) is 47.3 Å². The molecule has 0 aromatic rings. The number of rotatable bonds is 17. The Hall–Kier alpha value is -0.680. The van der Waals surface area contributed by atoms with Crippen LogP contribution in [0.1, 0.15) is 147 Å². The van der Waals surface area contributed by atoms with Crippen molar-refractivity contribution in [3.8, 4) is 0 Å². The molecule has 358 valence electrons. The number of methoxy groups -OCH3 is 1. The number of carboxylic acid groups (broad SMARTS) is 1. The number of hydrogen-bond acceptors (Lipinski definition) is 13. The molecular weight excluding hydrogens is 833 g/mol. The Labute approximate surface area is 380 Å². The summed E-state index contributed by atoms with van der Waals surface area (Å²) in [7, 11) is 4.84. The Bertz CT molecular complexity index is 1510. The van der Waals surface area contributed by atoms with Gasteiger partial charge in [0.05, 0.1) is 71.9 Å². The van der Waals surface area contributed by atoms with Gasteiger partial charge in [0.2, 0.25) is 0 Å². The first-order valence-corrected chi connectivity index (χ1v) is 26.6. The van der Waals surface area contributed by atoms with E-state index in [-0.39, 0.29) is 96.9 Å². The second kappa shape index (κ2) is 20.7. The van der Waals surface area contributed by atoms with Gasteiger partial charge in [0.25, 0.3) is 0 Å². The minimum atomic E-state index is -1.12. The largest absolute Gasteiger partial charge is 0.481 e. The number of aliphatic hydroxyl groups is 1. The first-order valence-electron chi connectivity index (χ1n) is 24.2. The fourth-order valence-corrected chi connectivity index (χ4v) is 14.6. The van der Waals surface area contributed by atoms with Gasteiger partial charge >= 0.3 is 11.9 Å². The molecule has 0 aromatic carbocycles. The number of ether oxygens (including phenoxy) is 8. The summed E-state index contributed by atoms with van der Waals surface area (Å²) >= 11 is 0. The molecule has 2 N–H and O–H groups in total. The normalized spacial score (nSPS) is 47.1. The molecule has 0 saturated carbocycles. The zero-order valence-corrected chi connectivity index (χ0v) is 41.6. The van der Waals surface area contributed by atoms with Crippen LogP contribution in [0.2, 0.25) is 0 Å². The van der Waals surface area contributed by atoms with Crippen molar-refractivity contribution in [2.45, 2.75) is 218 Å². The second-order valence-electron chi connectivity index (χ2n) is 21.0. The fourth-order valence-electron chi connectivity index (χ4n) is 12.4. The molecule has 62 heavy (non-hydrogen) atoms. The third kappa shape index (κ3) is 10.5. The van der Waals surface area contributed by atoms with E-state index < -0.39 is 34.7 Å². The van der Waals surface area contributed by atoms with E-state index in [1.165, 1.54) is 21.6 Å². The Kier molecular flexibility index (Phi) is 16.9. The average Bonchev–Trinajstić information content (AvgIpc) is 3.91. The lowest BCUT2D eigenvalue weighted by molar-refractivity contribution is -0.352. The quantitative estimate of drug-likeness (QED) is 0.0812.